The quantitative estimate of drug-likeness (QED) is 0.545. The normalized spacial score (nSPS) is 13.7. The van der Waals surface area contributed by atoms with Gasteiger partial charge in [0, 0.05) is 13.1 Å². The zero-order chi connectivity index (χ0) is 23.3. The maximum Gasteiger partial charge on any atom is 0.340 e. The monoisotopic (exact) mass is 458 g/mol. The van der Waals surface area contributed by atoms with Crippen molar-refractivity contribution < 1.29 is 27.9 Å². The zero-order valence-electron chi connectivity index (χ0n) is 17.3. The Balaban J connectivity index is 1.68. The van der Waals surface area contributed by atoms with Crippen LogP contribution in [-0.4, -0.2) is 50.1 Å². The van der Waals surface area contributed by atoms with Crippen molar-refractivity contribution in [1.29, 1.82) is 5.26 Å². The smallest absolute Gasteiger partial charge is 0.340 e. The highest BCUT2D eigenvalue weighted by Gasteiger charge is 2.37. The molecule has 1 saturated heterocycles. The molecule has 1 amide bonds. The van der Waals surface area contributed by atoms with Crippen LogP contribution >= 0.6 is 0 Å². The lowest BCUT2D eigenvalue weighted by Crippen LogP contribution is -2.55. The number of sulfonamides is 1. The van der Waals surface area contributed by atoms with E-state index < -0.39 is 34.4 Å². The molecular formula is C21H22N4O6S. The number of hydrogen-bond acceptors (Lipinski definition) is 9. The first-order chi connectivity index (χ1) is 15.3. The largest absolute Gasteiger partial charge is 0.462 e. The molecule has 1 aromatic carbocycles. The number of benzene rings is 1. The highest BCUT2D eigenvalue weighted by Crippen LogP contribution is 2.28. The van der Waals surface area contributed by atoms with Crippen molar-refractivity contribution in [3.8, 4) is 6.07 Å². The second kappa shape index (κ2) is 9.76. The van der Waals surface area contributed by atoms with Crippen LogP contribution in [0.5, 0.6) is 0 Å². The minimum Gasteiger partial charge on any atom is -0.462 e. The van der Waals surface area contributed by atoms with Crippen molar-refractivity contribution in [3.63, 3.8) is 0 Å². The highest BCUT2D eigenvalue weighted by molar-refractivity contribution is 7.89. The van der Waals surface area contributed by atoms with E-state index in [1.54, 1.807) is 42.2 Å². The summed E-state index contributed by atoms with van der Waals surface area (Å²) >= 11 is 0. The fraction of sp³-hybridized carbons (Fsp3) is 0.333. The summed E-state index contributed by atoms with van der Waals surface area (Å²) in [6.07, 6.45) is 0. The van der Waals surface area contributed by atoms with E-state index in [-0.39, 0.29) is 48.1 Å². The number of anilines is 1. The molecule has 1 aliphatic heterocycles. The molecule has 10 nitrogen and oxygen atoms in total. The van der Waals surface area contributed by atoms with Crippen LogP contribution in [-0.2, 0) is 31.9 Å². The maximum absolute atomic E-state index is 12.4. The lowest BCUT2D eigenvalue weighted by Gasteiger charge is -2.39. The molecule has 0 aliphatic carbocycles. The fourth-order valence-electron chi connectivity index (χ4n) is 3.25. The minimum absolute atomic E-state index is 0.00327. The van der Waals surface area contributed by atoms with Gasteiger partial charge in [-0.25, -0.2) is 18.2 Å². The Kier molecular flexibility index (Phi) is 7.07. The predicted molar refractivity (Wildman–Crippen MR) is 114 cm³/mol. The summed E-state index contributed by atoms with van der Waals surface area (Å²) in [7, 11) is -3.85. The van der Waals surface area contributed by atoms with Crippen molar-refractivity contribution in [2.24, 2.45) is 5.92 Å². The average Bonchev–Trinajstić information content (AvgIpc) is 2.72. The van der Waals surface area contributed by atoms with Crippen molar-refractivity contribution in [2.75, 3.05) is 24.6 Å². The number of pyridine rings is 1. The first-order valence-corrected chi connectivity index (χ1v) is 11.5. The maximum atomic E-state index is 12.4. The number of aromatic nitrogens is 1. The van der Waals surface area contributed by atoms with Crippen molar-refractivity contribution in [2.45, 2.75) is 19.3 Å². The van der Waals surface area contributed by atoms with Gasteiger partial charge in [-0.15, -0.1) is 0 Å². The first-order valence-electron chi connectivity index (χ1n) is 9.83. The third-order valence-electron chi connectivity index (χ3n) is 4.85. The van der Waals surface area contributed by atoms with Crippen LogP contribution in [0.15, 0.2) is 36.4 Å². The van der Waals surface area contributed by atoms with E-state index in [1.165, 1.54) is 6.07 Å². The van der Waals surface area contributed by atoms with Gasteiger partial charge in [0.15, 0.2) is 0 Å². The number of aliphatic hydroxyl groups excluding tert-OH is 1. The standard InChI is InChI=1S/C21H22N4O6S/c1-2-31-21(28)17-8-15(9-22)19(23-18(17)12-26)25-10-16(11-25)20(27)24-32(29,30)13-14-6-4-3-5-7-14/h3-8,16,26H,2,10-13H2,1H3,(H,24,27). The zero-order valence-corrected chi connectivity index (χ0v) is 18.1. The molecule has 2 N–H and O–H groups in total. The molecule has 2 aromatic rings. The number of carbonyl (C=O) groups excluding carboxylic acids is 2. The van der Waals surface area contributed by atoms with Crippen molar-refractivity contribution in [3.05, 3.63) is 58.8 Å². The van der Waals surface area contributed by atoms with Gasteiger partial charge in [0.2, 0.25) is 15.9 Å². The Morgan fingerprint density at radius 2 is 2.00 bits per heavy atom. The molecule has 3 rings (SSSR count). The summed E-state index contributed by atoms with van der Waals surface area (Å²) < 4.78 is 31.6. The summed E-state index contributed by atoms with van der Waals surface area (Å²) in [5.41, 5.74) is 0.692. The van der Waals surface area contributed by atoms with Gasteiger partial charge in [0.05, 0.1) is 41.7 Å². The van der Waals surface area contributed by atoms with Crippen LogP contribution in [0.1, 0.15) is 34.1 Å². The number of ether oxygens (including phenoxy) is 1. The molecule has 1 aromatic heterocycles. The molecule has 0 atom stereocenters. The Hall–Kier alpha value is -3.49. The van der Waals surface area contributed by atoms with E-state index in [0.29, 0.717) is 5.56 Å². The van der Waals surface area contributed by atoms with Crippen LogP contribution in [0.3, 0.4) is 0 Å². The van der Waals surface area contributed by atoms with Gasteiger partial charge in [-0.2, -0.15) is 5.26 Å². The van der Waals surface area contributed by atoms with E-state index >= 15 is 0 Å². The molecule has 32 heavy (non-hydrogen) atoms. The summed E-state index contributed by atoms with van der Waals surface area (Å²) in [5, 5.41) is 19.0. The lowest BCUT2D eigenvalue weighted by atomic mass is 9.98. The topological polar surface area (TPSA) is 150 Å². The molecule has 0 radical (unpaired) electrons. The van der Waals surface area contributed by atoms with Gasteiger partial charge in [0.1, 0.15) is 11.9 Å². The second-order valence-electron chi connectivity index (χ2n) is 7.16. The third kappa shape index (κ3) is 5.22. The summed E-state index contributed by atoms with van der Waals surface area (Å²) in [5.74, 6) is -2.06. The SMILES string of the molecule is CCOC(=O)c1cc(C#N)c(N2CC(C(=O)NS(=O)(=O)Cc3ccccc3)C2)nc1CO. The van der Waals surface area contributed by atoms with Crippen LogP contribution in [0.25, 0.3) is 0 Å². The van der Waals surface area contributed by atoms with Gasteiger partial charge < -0.3 is 14.7 Å². The third-order valence-corrected chi connectivity index (χ3v) is 6.08. The molecule has 0 saturated carbocycles. The molecule has 0 bridgehead atoms. The van der Waals surface area contributed by atoms with Gasteiger partial charge in [-0.1, -0.05) is 30.3 Å². The fourth-order valence-corrected chi connectivity index (χ4v) is 4.43. The van der Waals surface area contributed by atoms with E-state index in [4.69, 9.17) is 4.74 Å². The molecular weight excluding hydrogens is 436 g/mol. The van der Waals surface area contributed by atoms with Crippen molar-refractivity contribution in [1.82, 2.24) is 9.71 Å². The van der Waals surface area contributed by atoms with Gasteiger partial charge >= 0.3 is 5.97 Å². The molecule has 168 valence electrons. The van der Waals surface area contributed by atoms with Crippen molar-refractivity contribution >= 4 is 27.7 Å². The molecule has 2 heterocycles. The number of carbonyl (C=O) groups is 2. The van der Waals surface area contributed by atoms with E-state index in [2.05, 4.69) is 9.71 Å². The van der Waals surface area contributed by atoms with Crippen LogP contribution in [0.4, 0.5) is 5.82 Å². The molecule has 0 unspecified atom stereocenters. The number of hydrogen-bond donors (Lipinski definition) is 2. The summed E-state index contributed by atoms with van der Waals surface area (Å²) in [4.78, 5) is 30.3. The molecule has 1 aliphatic rings. The highest BCUT2D eigenvalue weighted by atomic mass is 32.2. The number of nitriles is 1. The number of esters is 1. The summed E-state index contributed by atoms with van der Waals surface area (Å²) in [6, 6.07) is 11.8. The Labute approximate surface area is 185 Å². The Bertz CT molecular complexity index is 1150. The van der Waals surface area contributed by atoms with Gasteiger partial charge in [0.25, 0.3) is 0 Å². The Morgan fingerprint density at radius 3 is 2.59 bits per heavy atom. The van der Waals surface area contributed by atoms with Crippen LogP contribution in [0.2, 0.25) is 0 Å². The number of aliphatic hydroxyl groups is 1. The number of nitrogens with zero attached hydrogens (tertiary/aromatic N) is 3. The average molecular weight is 458 g/mol. The van der Waals surface area contributed by atoms with Gasteiger partial charge in [-0.05, 0) is 18.6 Å². The van der Waals surface area contributed by atoms with Crippen LogP contribution in [0, 0.1) is 17.2 Å². The van der Waals surface area contributed by atoms with E-state index in [1.807, 2.05) is 6.07 Å². The summed E-state index contributed by atoms with van der Waals surface area (Å²) in [6.45, 7) is 1.50. The molecule has 11 heteroatoms. The molecule has 0 spiro atoms. The van der Waals surface area contributed by atoms with Crippen LogP contribution < -0.4 is 9.62 Å². The molecule has 1 fully saturated rings. The number of rotatable bonds is 8. The number of amides is 1. The first kappa shape index (κ1) is 23.2. The van der Waals surface area contributed by atoms with E-state index in [0.717, 1.165) is 0 Å². The second-order valence-corrected chi connectivity index (χ2v) is 8.88. The Morgan fingerprint density at radius 1 is 1.31 bits per heavy atom. The van der Waals surface area contributed by atoms with Gasteiger partial charge in [-0.3, -0.25) is 9.52 Å². The predicted octanol–water partition coefficient (Wildman–Crippen LogP) is 0.705. The number of nitrogens with one attached hydrogen (secondary N) is 1. The lowest BCUT2D eigenvalue weighted by molar-refractivity contribution is -0.123. The minimum atomic E-state index is -3.85. The van der Waals surface area contributed by atoms with E-state index in [9.17, 15) is 28.4 Å².